The smallest absolute Gasteiger partial charge is 0.197 e. The Morgan fingerprint density at radius 3 is 2.38 bits per heavy atom. The second-order valence-electron chi connectivity index (χ2n) is 10.7. The number of ketones is 1. The summed E-state index contributed by atoms with van der Waals surface area (Å²) in [6.07, 6.45) is 0. The van der Waals surface area contributed by atoms with Crippen LogP contribution in [-0.2, 0) is 12.0 Å². The van der Waals surface area contributed by atoms with Crippen LogP contribution >= 0.6 is 0 Å². The Morgan fingerprint density at radius 2 is 1.81 bits per heavy atom. The second kappa shape index (κ2) is 11.4. The van der Waals surface area contributed by atoms with E-state index < -0.39 is 5.82 Å². The number of nitrogens with one attached hydrogen (secondary N) is 2. The highest BCUT2D eigenvalue weighted by Gasteiger charge is 2.33. The predicted molar refractivity (Wildman–Crippen MR) is 145 cm³/mol. The summed E-state index contributed by atoms with van der Waals surface area (Å²) in [4.78, 5) is 15.1. The first-order valence-electron chi connectivity index (χ1n) is 12.9. The lowest BCUT2D eigenvalue weighted by molar-refractivity contribution is 0.0962. The number of halogens is 1. The predicted octanol–water partition coefficient (Wildman–Crippen LogP) is 6.02. The third-order valence-corrected chi connectivity index (χ3v) is 6.23. The van der Waals surface area contributed by atoms with Crippen LogP contribution in [0.2, 0.25) is 0 Å². The molecule has 2 aromatic carbocycles. The van der Waals surface area contributed by atoms with Crippen LogP contribution in [0.3, 0.4) is 0 Å². The number of Topliss-reactive ketones (excluding diaryl/α,β-unsaturated/α-hetero) is 1. The molecule has 1 heterocycles. The number of amidine groups is 1. The lowest BCUT2D eigenvalue weighted by atomic mass is 9.84. The van der Waals surface area contributed by atoms with Crippen LogP contribution in [0.4, 0.5) is 10.1 Å². The molecule has 1 aliphatic rings. The summed E-state index contributed by atoms with van der Waals surface area (Å²) in [5, 5.41) is 12.1. The quantitative estimate of drug-likeness (QED) is 0.358. The number of rotatable bonds is 11. The normalized spacial score (nSPS) is 13.1. The van der Waals surface area contributed by atoms with E-state index in [4.69, 9.17) is 19.6 Å². The van der Waals surface area contributed by atoms with E-state index in [9.17, 15) is 4.79 Å². The van der Waals surface area contributed by atoms with Crippen molar-refractivity contribution in [1.82, 2.24) is 4.90 Å². The van der Waals surface area contributed by atoms with Crippen molar-refractivity contribution in [2.24, 2.45) is 5.92 Å². The number of hydrogen-bond donors (Lipinski definition) is 2. The van der Waals surface area contributed by atoms with E-state index in [0.717, 1.165) is 23.5 Å². The molecule has 2 aromatic rings. The fourth-order valence-electron chi connectivity index (χ4n) is 4.44. The molecule has 8 heteroatoms. The fourth-order valence-corrected chi connectivity index (χ4v) is 4.44. The van der Waals surface area contributed by atoms with Gasteiger partial charge in [0.15, 0.2) is 23.1 Å². The summed E-state index contributed by atoms with van der Waals surface area (Å²) in [6, 6.07) is 5.40. The van der Waals surface area contributed by atoms with Crippen molar-refractivity contribution in [3.63, 3.8) is 0 Å². The Balaban J connectivity index is 1.95. The minimum Gasteiger partial charge on any atom is -0.494 e. The van der Waals surface area contributed by atoms with E-state index in [1.54, 1.807) is 25.0 Å². The Labute approximate surface area is 219 Å². The first-order valence-corrected chi connectivity index (χ1v) is 12.9. The number of benzene rings is 2. The fraction of sp³-hybridized carbons (Fsp3) is 0.517. The molecule has 0 radical (unpaired) electrons. The third kappa shape index (κ3) is 6.00. The standard InChI is InChI=1S/C29H40FN3O4/c1-9-36-23-13-19-15-33(28(31)24(19)25(30)27(23)37-10-2)16-22(34)18-11-20(29(5,6)7)26(35-8)21(12-18)32-14-17(3)4/h11-13,17,31-32H,9-10,14-16H2,1-8H3. The Morgan fingerprint density at radius 1 is 1.14 bits per heavy atom. The van der Waals surface area contributed by atoms with Crippen molar-refractivity contribution in [3.8, 4) is 17.2 Å². The molecule has 0 amide bonds. The molecule has 0 saturated heterocycles. The van der Waals surface area contributed by atoms with Gasteiger partial charge in [0, 0.05) is 24.2 Å². The summed E-state index contributed by atoms with van der Waals surface area (Å²) in [6.45, 7) is 15.6. The largest absolute Gasteiger partial charge is 0.494 e. The molecule has 3 rings (SSSR count). The number of carbonyl (C=O) groups excluding carboxylic acids is 1. The number of ether oxygens (including phenoxy) is 3. The average Bonchev–Trinajstić information content (AvgIpc) is 3.13. The van der Waals surface area contributed by atoms with Crippen LogP contribution in [0, 0.1) is 17.1 Å². The molecule has 202 valence electrons. The zero-order chi connectivity index (χ0) is 27.5. The van der Waals surface area contributed by atoms with Crippen molar-refractivity contribution < 1.29 is 23.4 Å². The van der Waals surface area contributed by atoms with E-state index in [0.29, 0.717) is 29.4 Å². The molecule has 7 nitrogen and oxygen atoms in total. The Kier molecular flexibility index (Phi) is 8.72. The third-order valence-electron chi connectivity index (χ3n) is 6.23. The van der Waals surface area contributed by atoms with Crippen LogP contribution in [0.15, 0.2) is 18.2 Å². The van der Waals surface area contributed by atoms with Gasteiger partial charge in [0.05, 0.1) is 38.1 Å². The monoisotopic (exact) mass is 513 g/mol. The summed E-state index contributed by atoms with van der Waals surface area (Å²) in [7, 11) is 1.64. The van der Waals surface area contributed by atoms with Gasteiger partial charge in [0.25, 0.3) is 0 Å². The number of hydrogen-bond acceptors (Lipinski definition) is 6. The van der Waals surface area contributed by atoms with Gasteiger partial charge in [-0.05, 0) is 48.9 Å². The maximum Gasteiger partial charge on any atom is 0.197 e. The molecule has 0 atom stereocenters. The molecule has 0 spiro atoms. The maximum atomic E-state index is 15.4. The lowest BCUT2D eigenvalue weighted by Crippen LogP contribution is -2.31. The topological polar surface area (TPSA) is 83.9 Å². The molecule has 0 bridgehead atoms. The first-order chi connectivity index (χ1) is 17.4. The van der Waals surface area contributed by atoms with Crippen molar-refractivity contribution in [1.29, 1.82) is 5.41 Å². The number of anilines is 1. The van der Waals surface area contributed by atoms with Crippen molar-refractivity contribution in [2.75, 3.05) is 38.7 Å². The van der Waals surface area contributed by atoms with E-state index in [2.05, 4.69) is 39.9 Å². The number of fused-ring (bicyclic) bond motifs is 1. The van der Waals surface area contributed by atoms with Gasteiger partial charge >= 0.3 is 0 Å². The van der Waals surface area contributed by atoms with Gasteiger partial charge in [0.1, 0.15) is 11.6 Å². The minimum atomic E-state index is -0.623. The van der Waals surface area contributed by atoms with Crippen molar-refractivity contribution >= 4 is 17.3 Å². The summed E-state index contributed by atoms with van der Waals surface area (Å²) in [5.74, 6) is 0.631. The van der Waals surface area contributed by atoms with Gasteiger partial charge in [-0.2, -0.15) is 0 Å². The summed E-state index contributed by atoms with van der Waals surface area (Å²) < 4.78 is 32.3. The van der Waals surface area contributed by atoms with E-state index >= 15 is 4.39 Å². The molecule has 37 heavy (non-hydrogen) atoms. The molecular weight excluding hydrogens is 473 g/mol. The lowest BCUT2D eigenvalue weighted by Gasteiger charge is -2.26. The van der Waals surface area contributed by atoms with E-state index in [-0.39, 0.29) is 48.0 Å². The molecule has 0 aromatic heterocycles. The van der Waals surface area contributed by atoms with Crippen molar-refractivity contribution in [3.05, 3.63) is 46.3 Å². The zero-order valence-electron chi connectivity index (χ0n) is 23.3. The maximum absolute atomic E-state index is 15.4. The van der Waals surface area contributed by atoms with Crippen molar-refractivity contribution in [2.45, 2.75) is 60.4 Å². The highest BCUT2D eigenvalue weighted by atomic mass is 19.1. The summed E-state index contributed by atoms with van der Waals surface area (Å²) >= 11 is 0. The molecule has 0 aliphatic carbocycles. The molecule has 0 saturated carbocycles. The van der Waals surface area contributed by atoms with Gasteiger partial charge in [0.2, 0.25) is 0 Å². The number of methoxy groups -OCH3 is 1. The van der Waals surface area contributed by atoms with Gasteiger partial charge < -0.3 is 24.4 Å². The van der Waals surface area contributed by atoms with Crippen LogP contribution in [0.25, 0.3) is 0 Å². The molecule has 0 fully saturated rings. The van der Waals surface area contributed by atoms with Gasteiger partial charge in [-0.3, -0.25) is 10.2 Å². The van der Waals surface area contributed by atoms with Gasteiger partial charge in [-0.15, -0.1) is 0 Å². The van der Waals surface area contributed by atoms with Crippen LogP contribution in [0.1, 0.15) is 75.5 Å². The Bertz CT molecular complexity index is 1170. The SMILES string of the molecule is CCOc1cc2c(c(F)c1OCC)C(=N)N(CC(=O)c1cc(NCC(C)C)c(OC)c(C(C)(C)C)c1)C2. The van der Waals surface area contributed by atoms with Gasteiger partial charge in [-0.1, -0.05) is 34.6 Å². The van der Waals surface area contributed by atoms with Crippen LogP contribution in [0.5, 0.6) is 17.2 Å². The first kappa shape index (κ1) is 28.3. The minimum absolute atomic E-state index is 0.00636. The molecule has 0 unspecified atom stereocenters. The zero-order valence-corrected chi connectivity index (χ0v) is 23.3. The van der Waals surface area contributed by atoms with Gasteiger partial charge in [-0.25, -0.2) is 4.39 Å². The molecular formula is C29H40FN3O4. The highest BCUT2D eigenvalue weighted by molar-refractivity contribution is 6.06. The highest BCUT2D eigenvalue weighted by Crippen LogP contribution is 2.40. The number of nitrogens with zero attached hydrogens (tertiary/aromatic N) is 1. The molecule has 1 aliphatic heterocycles. The van der Waals surface area contributed by atoms with Crippen LogP contribution in [-0.4, -0.2) is 49.9 Å². The van der Waals surface area contributed by atoms with E-state index in [1.807, 2.05) is 19.1 Å². The second-order valence-corrected chi connectivity index (χ2v) is 10.7. The summed E-state index contributed by atoms with van der Waals surface area (Å²) in [5.41, 5.74) is 2.70. The molecule has 2 N–H and O–H groups in total. The Hall–Kier alpha value is -3.29. The van der Waals surface area contributed by atoms with E-state index in [1.165, 1.54) is 0 Å². The average molecular weight is 514 g/mol. The number of carbonyl (C=O) groups is 1. The van der Waals surface area contributed by atoms with Crippen LogP contribution < -0.4 is 19.5 Å².